The zero-order valence-corrected chi connectivity index (χ0v) is 9.45. The Morgan fingerprint density at radius 1 is 1.06 bits per heavy atom. The zero-order chi connectivity index (χ0) is 11.1. The van der Waals surface area contributed by atoms with Crippen molar-refractivity contribution in [1.82, 2.24) is 0 Å². The molecule has 1 nitrogen and oxygen atoms in total. The summed E-state index contributed by atoms with van der Waals surface area (Å²) in [5.41, 5.74) is 1.77. The third-order valence-corrected chi connectivity index (χ3v) is 3.32. The van der Waals surface area contributed by atoms with Crippen molar-refractivity contribution in [2.45, 2.75) is 5.25 Å². The van der Waals surface area contributed by atoms with Crippen LogP contribution in [0, 0.1) is 0 Å². The molecule has 0 saturated heterocycles. The summed E-state index contributed by atoms with van der Waals surface area (Å²) in [6.07, 6.45) is 3.81. The fourth-order valence-electron chi connectivity index (χ4n) is 2.05. The summed E-state index contributed by atoms with van der Waals surface area (Å²) in [5.74, 6) is 0.0894. The number of thiol groups is 1. The van der Waals surface area contributed by atoms with Gasteiger partial charge in [-0.15, -0.1) is 0 Å². The number of Topliss-reactive ketones (excluding diaryl/α,β-unsaturated/α-hetero) is 1. The van der Waals surface area contributed by atoms with E-state index in [0.717, 1.165) is 21.9 Å². The molecule has 2 heteroatoms. The number of fused-ring (bicyclic) bond motifs is 2. The van der Waals surface area contributed by atoms with Crippen molar-refractivity contribution in [1.29, 1.82) is 0 Å². The highest BCUT2D eigenvalue weighted by molar-refractivity contribution is 7.82. The van der Waals surface area contributed by atoms with Gasteiger partial charge in [-0.25, -0.2) is 0 Å². The summed E-state index contributed by atoms with van der Waals surface area (Å²) in [6, 6.07) is 12.1. The van der Waals surface area contributed by atoms with E-state index in [-0.39, 0.29) is 11.0 Å². The van der Waals surface area contributed by atoms with E-state index < -0.39 is 0 Å². The average molecular weight is 226 g/mol. The van der Waals surface area contributed by atoms with Crippen LogP contribution in [0.5, 0.6) is 0 Å². The normalized spacial score (nSPS) is 18.8. The monoisotopic (exact) mass is 226 g/mol. The van der Waals surface area contributed by atoms with Gasteiger partial charge in [0.1, 0.15) is 0 Å². The summed E-state index contributed by atoms with van der Waals surface area (Å²) in [7, 11) is 0. The first-order valence-electron chi connectivity index (χ1n) is 5.19. The van der Waals surface area contributed by atoms with Crippen LogP contribution >= 0.6 is 12.6 Å². The molecule has 0 amide bonds. The Hall–Kier alpha value is -1.54. The molecule has 1 unspecified atom stereocenters. The van der Waals surface area contributed by atoms with E-state index in [4.69, 9.17) is 0 Å². The number of rotatable bonds is 0. The highest BCUT2D eigenvalue weighted by Crippen LogP contribution is 2.26. The van der Waals surface area contributed by atoms with Crippen LogP contribution in [0.4, 0.5) is 0 Å². The number of benzene rings is 2. The molecule has 0 aliphatic heterocycles. The summed E-state index contributed by atoms with van der Waals surface area (Å²) in [5, 5.41) is 1.97. The molecule has 1 atom stereocenters. The van der Waals surface area contributed by atoms with Gasteiger partial charge in [-0.3, -0.25) is 4.79 Å². The maximum Gasteiger partial charge on any atom is 0.179 e. The van der Waals surface area contributed by atoms with Gasteiger partial charge >= 0.3 is 0 Å². The van der Waals surface area contributed by atoms with Crippen molar-refractivity contribution in [3.05, 3.63) is 53.6 Å². The SMILES string of the molecule is O=C1c2cc3ccccc3cc2C=CC1S. The molecule has 1 aliphatic carbocycles. The van der Waals surface area contributed by atoms with E-state index in [1.165, 1.54) is 0 Å². The molecule has 2 aromatic carbocycles. The van der Waals surface area contributed by atoms with Gasteiger partial charge < -0.3 is 0 Å². The van der Waals surface area contributed by atoms with Gasteiger partial charge in [0.15, 0.2) is 5.78 Å². The van der Waals surface area contributed by atoms with Crippen molar-refractivity contribution in [3.63, 3.8) is 0 Å². The molecule has 0 N–H and O–H groups in total. The Balaban J connectivity index is 2.33. The van der Waals surface area contributed by atoms with E-state index in [2.05, 4.69) is 24.8 Å². The number of ketones is 1. The topological polar surface area (TPSA) is 17.1 Å². The third-order valence-electron chi connectivity index (χ3n) is 2.91. The maximum absolute atomic E-state index is 11.9. The first-order valence-corrected chi connectivity index (χ1v) is 5.70. The Morgan fingerprint density at radius 2 is 1.75 bits per heavy atom. The molecule has 0 spiro atoms. The largest absolute Gasteiger partial charge is 0.293 e. The lowest BCUT2D eigenvalue weighted by atomic mass is 9.93. The molecular weight excluding hydrogens is 216 g/mol. The van der Waals surface area contributed by atoms with Crippen LogP contribution < -0.4 is 0 Å². The standard InChI is InChI=1S/C14H10OS/c15-14-12-8-10-4-2-1-3-9(10)7-11(12)5-6-13(14)16/h1-8,13,16H. The van der Waals surface area contributed by atoms with Crippen molar-refractivity contribution in [2.75, 3.05) is 0 Å². The minimum absolute atomic E-state index is 0.0894. The summed E-state index contributed by atoms with van der Waals surface area (Å²) >= 11 is 4.24. The summed E-state index contributed by atoms with van der Waals surface area (Å²) < 4.78 is 0. The van der Waals surface area contributed by atoms with Crippen molar-refractivity contribution in [2.24, 2.45) is 0 Å². The summed E-state index contributed by atoms with van der Waals surface area (Å²) in [4.78, 5) is 11.9. The lowest BCUT2D eigenvalue weighted by Gasteiger charge is -2.14. The van der Waals surface area contributed by atoms with E-state index in [0.29, 0.717) is 0 Å². The van der Waals surface area contributed by atoms with Crippen LogP contribution in [0.3, 0.4) is 0 Å². The molecule has 0 heterocycles. The van der Waals surface area contributed by atoms with Crippen LogP contribution in [0.25, 0.3) is 16.8 Å². The van der Waals surface area contributed by atoms with Crippen LogP contribution in [0.1, 0.15) is 15.9 Å². The van der Waals surface area contributed by atoms with Gasteiger partial charge in [0.25, 0.3) is 0 Å². The van der Waals surface area contributed by atoms with Gasteiger partial charge in [-0.2, -0.15) is 12.6 Å². The van der Waals surface area contributed by atoms with E-state index in [1.807, 2.05) is 36.4 Å². The fraction of sp³-hybridized carbons (Fsp3) is 0.0714. The van der Waals surface area contributed by atoms with Gasteiger partial charge in [0, 0.05) is 5.56 Å². The Labute approximate surface area is 99.2 Å². The Bertz CT molecular complexity index is 613. The molecule has 3 rings (SSSR count). The minimum Gasteiger partial charge on any atom is -0.293 e. The molecule has 78 valence electrons. The molecule has 0 fully saturated rings. The van der Waals surface area contributed by atoms with Gasteiger partial charge in [-0.05, 0) is 28.5 Å². The number of carbonyl (C=O) groups excluding carboxylic acids is 1. The molecule has 0 radical (unpaired) electrons. The number of hydrogen-bond donors (Lipinski definition) is 1. The summed E-state index contributed by atoms with van der Waals surface area (Å²) in [6.45, 7) is 0. The predicted octanol–water partition coefficient (Wildman–Crippen LogP) is 3.35. The number of carbonyl (C=O) groups is 1. The van der Waals surface area contributed by atoms with Gasteiger partial charge in [0.05, 0.1) is 5.25 Å². The lowest BCUT2D eigenvalue weighted by Crippen LogP contribution is -2.16. The first-order chi connectivity index (χ1) is 7.75. The fourth-order valence-corrected chi connectivity index (χ4v) is 2.28. The van der Waals surface area contributed by atoms with Crippen LogP contribution in [-0.4, -0.2) is 11.0 Å². The van der Waals surface area contributed by atoms with Crippen molar-refractivity contribution in [3.8, 4) is 0 Å². The highest BCUT2D eigenvalue weighted by atomic mass is 32.1. The second-order valence-corrected chi connectivity index (χ2v) is 4.51. The molecule has 0 bridgehead atoms. The Morgan fingerprint density at radius 3 is 2.50 bits per heavy atom. The van der Waals surface area contributed by atoms with Crippen LogP contribution in [-0.2, 0) is 0 Å². The lowest BCUT2D eigenvalue weighted by molar-refractivity contribution is 0.100. The maximum atomic E-state index is 11.9. The average Bonchev–Trinajstić information content (AvgIpc) is 2.32. The zero-order valence-electron chi connectivity index (χ0n) is 8.55. The minimum atomic E-state index is -0.298. The molecular formula is C14H10OS. The smallest absolute Gasteiger partial charge is 0.179 e. The van der Waals surface area contributed by atoms with Crippen molar-refractivity contribution < 1.29 is 4.79 Å². The number of hydrogen-bond acceptors (Lipinski definition) is 2. The molecule has 2 aromatic rings. The second kappa shape index (κ2) is 3.49. The van der Waals surface area contributed by atoms with Gasteiger partial charge in [0.2, 0.25) is 0 Å². The van der Waals surface area contributed by atoms with E-state index in [1.54, 1.807) is 0 Å². The van der Waals surface area contributed by atoms with Crippen LogP contribution in [0.15, 0.2) is 42.5 Å². The molecule has 0 aromatic heterocycles. The second-order valence-electron chi connectivity index (χ2n) is 3.95. The third kappa shape index (κ3) is 1.38. The molecule has 1 aliphatic rings. The predicted molar refractivity (Wildman–Crippen MR) is 70.1 cm³/mol. The first kappa shape index (κ1) is 9.67. The van der Waals surface area contributed by atoms with Crippen molar-refractivity contribution >= 4 is 35.3 Å². The van der Waals surface area contributed by atoms with Gasteiger partial charge in [-0.1, -0.05) is 36.4 Å². The van der Waals surface area contributed by atoms with E-state index >= 15 is 0 Å². The highest BCUT2D eigenvalue weighted by Gasteiger charge is 2.20. The molecule has 16 heavy (non-hydrogen) atoms. The molecule has 0 saturated carbocycles. The quantitative estimate of drug-likeness (QED) is 0.682. The van der Waals surface area contributed by atoms with Crippen LogP contribution in [0.2, 0.25) is 0 Å². The van der Waals surface area contributed by atoms with E-state index in [9.17, 15) is 4.79 Å². The Kier molecular flexibility index (Phi) is 2.11.